The molecular formula is C18H34N2O2. The van der Waals surface area contributed by atoms with Gasteiger partial charge in [0.1, 0.15) is 0 Å². The van der Waals surface area contributed by atoms with Crippen molar-refractivity contribution in [2.75, 3.05) is 46.4 Å². The molecule has 1 amide bonds. The number of carbonyl (C=O) groups is 1. The third-order valence-electron chi connectivity index (χ3n) is 5.47. The lowest BCUT2D eigenvalue weighted by Crippen LogP contribution is -2.41. The average molecular weight is 310 g/mol. The molecule has 0 bridgehead atoms. The van der Waals surface area contributed by atoms with Gasteiger partial charge in [-0.05, 0) is 50.6 Å². The second kappa shape index (κ2) is 9.51. The van der Waals surface area contributed by atoms with E-state index in [4.69, 9.17) is 4.74 Å². The fourth-order valence-electron chi connectivity index (χ4n) is 3.89. The Morgan fingerprint density at radius 3 is 2.32 bits per heavy atom. The van der Waals surface area contributed by atoms with Gasteiger partial charge < -0.3 is 14.5 Å². The molecule has 4 heteroatoms. The molecule has 0 aromatic heterocycles. The monoisotopic (exact) mass is 310 g/mol. The van der Waals surface area contributed by atoms with Crippen LogP contribution < -0.4 is 0 Å². The lowest BCUT2D eigenvalue weighted by Gasteiger charge is -2.35. The molecule has 0 aromatic carbocycles. The van der Waals surface area contributed by atoms with Crippen molar-refractivity contribution in [1.29, 1.82) is 0 Å². The highest BCUT2D eigenvalue weighted by atomic mass is 16.5. The van der Waals surface area contributed by atoms with E-state index in [9.17, 15) is 4.79 Å². The molecule has 2 heterocycles. The van der Waals surface area contributed by atoms with Crippen LogP contribution >= 0.6 is 0 Å². The van der Waals surface area contributed by atoms with Gasteiger partial charge in [0.2, 0.25) is 5.91 Å². The summed E-state index contributed by atoms with van der Waals surface area (Å²) in [7, 11) is 1.78. The number of nitrogens with zero attached hydrogens (tertiary/aromatic N) is 2. The number of ether oxygens (including phenoxy) is 1. The zero-order valence-electron chi connectivity index (χ0n) is 14.6. The Labute approximate surface area is 136 Å². The van der Waals surface area contributed by atoms with Crippen molar-refractivity contribution in [3.05, 3.63) is 0 Å². The van der Waals surface area contributed by atoms with Crippen LogP contribution in [0.25, 0.3) is 0 Å². The minimum absolute atomic E-state index is 0.363. The fourth-order valence-corrected chi connectivity index (χ4v) is 3.89. The van der Waals surface area contributed by atoms with Gasteiger partial charge in [0.05, 0.1) is 0 Å². The van der Waals surface area contributed by atoms with Gasteiger partial charge >= 0.3 is 0 Å². The van der Waals surface area contributed by atoms with E-state index in [0.29, 0.717) is 18.2 Å². The number of amides is 1. The van der Waals surface area contributed by atoms with Gasteiger partial charge in [0.25, 0.3) is 0 Å². The summed E-state index contributed by atoms with van der Waals surface area (Å²) in [6.07, 6.45) is 8.31. The zero-order chi connectivity index (χ0) is 15.8. The summed E-state index contributed by atoms with van der Waals surface area (Å²) < 4.78 is 5.26. The third-order valence-corrected chi connectivity index (χ3v) is 5.47. The molecule has 2 rings (SSSR count). The summed E-state index contributed by atoms with van der Waals surface area (Å²) in [5.41, 5.74) is 0. The van der Waals surface area contributed by atoms with E-state index < -0.39 is 0 Å². The van der Waals surface area contributed by atoms with Gasteiger partial charge in [-0.1, -0.05) is 19.8 Å². The van der Waals surface area contributed by atoms with Crippen molar-refractivity contribution in [2.45, 2.75) is 51.9 Å². The van der Waals surface area contributed by atoms with Crippen molar-refractivity contribution >= 4 is 5.91 Å². The predicted molar refractivity (Wildman–Crippen MR) is 89.9 cm³/mol. The van der Waals surface area contributed by atoms with Crippen LogP contribution in [-0.4, -0.2) is 62.1 Å². The Kier molecular flexibility index (Phi) is 7.67. The lowest BCUT2D eigenvalue weighted by molar-refractivity contribution is -0.133. The van der Waals surface area contributed by atoms with E-state index in [0.717, 1.165) is 45.0 Å². The molecule has 0 N–H and O–H groups in total. The van der Waals surface area contributed by atoms with Gasteiger partial charge in [-0.3, -0.25) is 4.79 Å². The molecule has 0 aromatic rings. The smallest absolute Gasteiger partial charge is 0.223 e. The summed E-state index contributed by atoms with van der Waals surface area (Å²) in [5.74, 6) is 1.69. The number of methoxy groups -OCH3 is 1. The van der Waals surface area contributed by atoms with Gasteiger partial charge in [-0.25, -0.2) is 0 Å². The summed E-state index contributed by atoms with van der Waals surface area (Å²) in [6.45, 7) is 8.32. The van der Waals surface area contributed by atoms with Crippen molar-refractivity contribution in [2.24, 2.45) is 11.8 Å². The van der Waals surface area contributed by atoms with Crippen molar-refractivity contribution in [3.8, 4) is 0 Å². The van der Waals surface area contributed by atoms with Crippen LogP contribution in [0.4, 0.5) is 0 Å². The van der Waals surface area contributed by atoms with E-state index in [1.54, 1.807) is 7.11 Å². The highest BCUT2D eigenvalue weighted by molar-refractivity contribution is 5.76. The number of piperidine rings is 1. The number of hydrogen-bond donors (Lipinski definition) is 0. The molecule has 22 heavy (non-hydrogen) atoms. The molecule has 0 saturated carbocycles. The van der Waals surface area contributed by atoms with Crippen LogP contribution in [0.1, 0.15) is 51.9 Å². The fraction of sp³-hybridized carbons (Fsp3) is 0.944. The number of likely N-dealkylation sites (tertiary alicyclic amines) is 2. The van der Waals surface area contributed by atoms with Crippen LogP contribution in [0.3, 0.4) is 0 Å². The largest absolute Gasteiger partial charge is 0.384 e. The van der Waals surface area contributed by atoms with Crippen LogP contribution in [0.15, 0.2) is 0 Å². The Balaban J connectivity index is 1.66. The van der Waals surface area contributed by atoms with E-state index >= 15 is 0 Å². The highest BCUT2D eigenvalue weighted by Crippen LogP contribution is 2.25. The Morgan fingerprint density at radius 1 is 1.09 bits per heavy atom. The lowest BCUT2D eigenvalue weighted by atomic mass is 9.86. The molecule has 4 nitrogen and oxygen atoms in total. The van der Waals surface area contributed by atoms with Crippen LogP contribution in [-0.2, 0) is 9.53 Å². The second-order valence-corrected chi connectivity index (χ2v) is 7.16. The minimum atomic E-state index is 0.363. The summed E-state index contributed by atoms with van der Waals surface area (Å²) >= 11 is 0. The number of carbonyl (C=O) groups excluding carboxylic acids is 1. The first-order valence-electron chi connectivity index (χ1n) is 9.19. The minimum Gasteiger partial charge on any atom is -0.384 e. The summed E-state index contributed by atoms with van der Waals surface area (Å²) in [4.78, 5) is 17.0. The maximum absolute atomic E-state index is 12.4. The maximum atomic E-state index is 12.4. The molecule has 0 spiro atoms. The molecule has 2 saturated heterocycles. The molecule has 0 aliphatic carbocycles. The maximum Gasteiger partial charge on any atom is 0.223 e. The van der Waals surface area contributed by atoms with Crippen molar-refractivity contribution < 1.29 is 9.53 Å². The van der Waals surface area contributed by atoms with E-state index in [-0.39, 0.29) is 0 Å². The van der Waals surface area contributed by atoms with Crippen LogP contribution in [0, 0.1) is 11.8 Å². The number of hydrogen-bond acceptors (Lipinski definition) is 3. The van der Waals surface area contributed by atoms with Gasteiger partial charge in [-0.2, -0.15) is 0 Å². The van der Waals surface area contributed by atoms with Crippen molar-refractivity contribution in [3.63, 3.8) is 0 Å². The van der Waals surface area contributed by atoms with E-state index in [1.807, 2.05) is 0 Å². The molecule has 1 atom stereocenters. The molecule has 128 valence electrons. The summed E-state index contributed by atoms with van der Waals surface area (Å²) in [6, 6.07) is 0. The highest BCUT2D eigenvalue weighted by Gasteiger charge is 2.26. The molecular weight excluding hydrogens is 276 g/mol. The standard InChI is InChI=1S/C18H34N2O2/c1-16(15-22-2)17-7-13-20(14-8-17)18(21)9-12-19-10-5-3-4-6-11-19/h16-17H,3-15H2,1-2H3. The molecule has 2 aliphatic rings. The van der Waals surface area contributed by atoms with Gasteiger partial charge in [0.15, 0.2) is 0 Å². The van der Waals surface area contributed by atoms with Gasteiger partial charge in [-0.15, -0.1) is 0 Å². The molecule has 1 unspecified atom stereocenters. The molecule has 2 aliphatic heterocycles. The third kappa shape index (κ3) is 5.54. The number of rotatable bonds is 6. The normalized spacial score (nSPS) is 23.3. The van der Waals surface area contributed by atoms with Gasteiger partial charge in [0, 0.05) is 39.8 Å². The molecule has 2 fully saturated rings. The zero-order valence-corrected chi connectivity index (χ0v) is 14.6. The summed E-state index contributed by atoms with van der Waals surface area (Å²) in [5, 5.41) is 0. The van der Waals surface area contributed by atoms with Crippen LogP contribution in [0.5, 0.6) is 0 Å². The SMILES string of the molecule is COCC(C)C1CCN(C(=O)CCN2CCCCCC2)CC1. The first kappa shape index (κ1) is 17.7. The van der Waals surface area contributed by atoms with E-state index in [1.165, 1.54) is 38.8 Å². The Bertz CT molecular complexity index is 319. The van der Waals surface area contributed by atoms with E-state index in [2.05, 4.69) is 16.7 Å². The van der Waals surface area contributed by atoms with Crippen LogP contribution in [0.2, 0.25) is 0 Å². The average Bonchev–Trinajstić information content (AvgIpc) is 2.82. The Hall–Kier alpha value is -0.610. The topological polar surface area (TPSA) is 32.8 Å². The van der Waals surface area contributed by atoms with Crippen molar-refractivity contribution in [1.82, 2.24) is 9.80 Å². The molecule has 0 radical (unpaired) electrons. The quantitative estimate of drug-likeness (QED) is 0.756. The second-order valence-electron chi connectivity index (χ2n) is 7.16. The first-order valence-corrected chi connectivity index (χ1v) is 9.19. The Morgan fingerprint density at radius 2 is 1.73 bits per heavy atom. The first-order chi connectivity index (χ1) is 10.7. The predicted octanol–water partition coefficient (Wildman–Crippen LogP) is 2.77.